The van der Waals surface area contributed by atoms with Crippen LogP contribution in [0.15, 0.2) is 36.4 Å². The van der Waals surface area contributed by atoms with Crippen LogP contribution >= 0.6 is 0 Å². The first-order valence-corrected chi connectivity index (χ1v) is 30.8. The number of esters is 6. The Balaban J connectivity index is 2.05. The first-order valence-electron chi connectivity index (χ1n) is 30.8. The van der Waals surface area contributed by atoms with Crippen molar-refractivity contribution in [2.24, 2.45) is 0 Å². The largest absolute Gasteiger partial charge is 0.422 e. The number of carbonyl (C=O) groups excluding carboxylic acids is 6. The van der Waals surface area contributed by atoms with E-state index in [-0.39, 0.29) is 73.0 Å². The van der Waals surface area contributed by atoms with Crippen molar-refractivity contribution in [1.29, 1.82) is 0 Å². The van der Waals surface area contributed by atoms with Crippen molar-refractivity contribution in [2.75, 3.05) is 0 Å². The van der Waals surface area contributed by atoms with Crippen LogP contribution in [0.3, 0.4) is 0 Å². The van der Waals surface area contributed by atoms with Gasteiger partial charge in [0.2, 0.25) is 0 Å². The molecule has 0 N–H and O–H groups in total. The zero-order valence-corrected chi connectivity index (χ0v) is 48.8. The van der Waals surface area contributed by atoms with E-state index in [9.17, 15) is 28.8 Å². The molecule has 0 fully saturated rings. The zero-order chi connectivity index (χ0) is 56.3. The third-order valence-electron chi connectivity index (χ3n) is 14.4. The van der Waals surface area contributed by atoms with Crippen LogP contribution in [0.4, 0.5) is 0 Å². The summed E-state index contributed by atoms with van der Waals surface area (Å²) in [6, 6.07) is 9.95. The Bertz CT molecular complexity index is 2020. The topological polar surface area (TPSA) is 158 Å². The minimum absolute atomic E-state index is 0.0319. The van der Waals surface area contributed by atoms with Gasteiger partial charge in [0.1, 0.15) is 0 Å². The van der Waals surface area contributed by atoms with Gasteiger partial charge in [0.05, 0.1) is 0 Å². The Hall–Kier alpha value is -5.52. The van der Waals surface area contributed by atoms with Gasteiger partial charge in [-0.1, -0.05) is 196 Å². The second kappa shape index (κ2) is 38.1. The monoisotopic (exact) mass is 1080 g/mol. The quantitative estimate of drug-likeness (QED) is 0.0179. The number of hydrogen-bond acceptors (Lipinski definition) is 12. The van der Waals surface area contributed by atoms with E-state index >= 15 is 0 Å². The lowest BCUT2D eigenvalue weighted by Gasteiger charge is -2.19. The molecule has 0 saturated heterocycles. The number of fused-ring (bicyclic) bond motifs is 6. The fraction of sp³-hybridized carbons (Fsp3) is 0.636. The van der Waals surface area contributed by atoms with E-state index in [4.69, 9.17) is 28.4 Å². The normalized spacial score (nSPS) is 11.3. The average Bonchev–Trinajstić information content (AvgIpc) is 3.58. The van der Waals surface area contributed by atoms with E-state index in [0.29, 0.717) is 70.8 Å². The van der Waals surface area contributed by atoms with Crippen LogP contribution in [0.25, 0.3) is 32.3 Å². The fourth-order valence-corrected chi connectivity index (χ4v) is 9.77. The van der Waals surface area contributed by atoms with Crippen molar-refractivity contribution in [2.45, 2.75) is 273 Å². The highest BCUT2D eigenvalue weighted by atomic mass is 16.6. The number of unbranched alkanes of at least 4 members (excludes halogenated alkanes) is 24. The number of benzene rings is 4. The van der Waals surface area contributed by atoms with E-state index in [2.05, 4.69) is 41.5 Å². The molecule has 0 spiro atoms. The molecule has 12 nitrogen and oxygen atoms in total. The van der Waals surface area contributed by atoms with Crippen molar-refractivity contribution >= 4 is 68.1 Å². The highest BCUT2D eigenvalue weighted by Gasteiger charge is 2.25. The molecule has 78 heavy (non-hydrogen) atoms. The molecule has 0 bridgehead atoms. The van der Waals surface area contributed by atoms with Crippen LogP contribution in [0.1, 0.15) is 273 Å². The molecule has 12 heteroatoms. The third kappa shape index (κ3) is 23.4. The van der Waals surface area contributed by atoms with Crippen molar-refractivity contribution < 1.29 is 57.2 Å². The lowest BCUT2D eigenvalue weighted by atomic mass is 9.93. The molecule has 0 amide bonds. The molecule has 0 unspecified atom stereocenters. The molecule has 4 aromatic carbocycles. The van der Waals surface area contributed by atoms with E-state index in [1.54, 1.807) is 36.4 Å². The van der Waals surface area contributed by atoms with Gasteiger partial charge in [-0.15, -0.1) is 0 Å². The van der Waals surface area contributed by atoms with Gasteiger partial charge in [-0.3, -0.25) is 28.8 Å². The molecule has 0 aromatic heterocycles. The summed E-state index contributed by atoms with van der Waals surface area (Å²) < 4.78 is 36.9. The van der Waals surface area contributed by atoms with Gasteiger partial charge in [-0.2, -0.15) is 0 Å². The second-order valence-electron chi connectivity index (χ2n) is 21.4. The van der Waals surface area contributed by atoms with Crippen LogP contribution in [-0.2, 0) is 28.8 Å². The minimum Gasteiger partial charge on any atom is -0.422 e. The van der Waals surface area contributed by atoms with Crippen LogP contribution < -0.4 is 28.4 Å². The number of hydrogen-bond donors (Lipinski definition) is 0. The Labute approximate surface area is 467 Å². The smallest absolute Gasteiger partial charge is 0.311 e. The maximum Gasteiger partial charge on any atom is 0.311 e. The van der Waals surface area contributed by atoms with Gasteiger partial charge in [0.15, 0.2) is 34.5 Å². The van der Waals surface area contributed by atoms with E-state index < -0.39 is 35.8 Å². The molecule has 0 aliphatic heterocycles. The van der Waals surface area contributed by atoms with Gasteiger partial charge in [-0.25, -0.2) is 0 Å². The van der Waals surface area contributed by atoms with Gasteiger partial charge >= 0.3 is 35.8 Å². The summed E-state index contributed by atoms with van der Waals surface area (Å²) in [6.45, 7) is 12.8. The van der Waals surface area contributed by atoms with E-state index in [1.807, 2.05) is 0 Å². The SMILES string of the molecule is CCCCCCCC(=O)Oc1cc2c3cc(OC(=O)CCCCCCC)c(OC(=O)CCCCCCC)cc3c3cc(OC(=O)CCCCCCC)c(OC(=O)CCCCCCC)cc3c2cc1OC(=O)CCCCCCC. The first kappa shape index (κ1) is 65.0. The summed E-state index contributed by atoms with van der Waals surface area (Å²) in [5, 5.41) is 3.07. The summed E-state index contributed by atoms with van der Waals surface area (Å²) >= 11 is 0. The predicted octanol–water partition coefficient (Wildman–Crippen LogP) is 18.7. The molecule has 0 aliphatic carbocycles. The lowest BCUT2D eigenvalue weighted by Crippen LogP contribution is -2.13. The van der Waals surface area contributed by atoms with Gasteiger partial charge < -0.3 is 28.4 Å². The molecule has 0 aliphatic rings. The predicted molar refractivity (Wildman–Crippen MR) is 313 cm³/mol. The maximum absolute atomic E-state index is 13.7. The van der Waals surface area contributed by atoms with Crippen molar-refractivity contribution in [3.63, 3.8) is 0 Å². The maximum atomic E-state index is 13.7. The van der Waals surface area contributed by atoms with Gasteiger partial charge in [-0.05, 0) is 107 Å². The van der Waals surface area contributed by atoms with Crippen LogP contribution in [0.5, 0.6) is 34.5 Å². The van der Waals surface area contributed by atoms with Gasteiger partial charge in [0, 0.05) is 38.5 Å². The molecule has 0 saturated carbocycles. The highest BCUT2D eigenvalue weighted by Crippen LogP contribution is 2.48. The highest BCUT2D eigenvalue weighted by molar-refractivity contribution is 6.27. The molecular formula is C66H96O12. The average molecular weight is 1080 g/mol. The summed E-state index contributed by atoms with van der Waals surface area (Å²) in [7, 11) is 0. The molecule has 432 valence electrons. The van der Waals surface area contributed by atoms with Gasteiger partial charge in [0.25, 0.3) is 0 Å². The standard InChI is InChI=1S/C66H96O12/c1-7-13-19-25-31-37-61(67)73-55-43-49-50(44-56(55)74-62(68)38-32-26-20-14-8-2)52-46-58(76-64(70)40-34-28-22-16-10-4)60(78-66(72)42-36-30-24-18-12-6)48-54(52)53-47-59(77-65(71)41-35-29-23-17-11-5)57(45-51(49)53)75-63(69)39-33-27-21-15-9-3/h43-48H,7-42H2,1-6H3. The lowest BCUT2D eigenvalue weighted by molar-refractivity contribution is -0.137. The third-order valence-corrected chi connectivity index (χ3v) is 14.4. The summed E-state index contributed by atoms with van der Waals surface area (Å²) in [5.74, 6) is -2.69. The molecule has 0 heterocycles. The van der Waals surface area contributed by atoms with Crippen LogP contribution in [-0.4, -0.2) is 35.8 Å². The molecule has 0 radical (unpaired) electrons. The van der Waals surface area contributed by atoms with Crippen LogP contribution in [0.2, 0.25) is 0 Å². The Morgan fingerprint density at radius 2 is 0.346 bits per heavy atom. The number of carbonyl (C=O) groups is 6. The molecule has 0 atom stereocenters. The zero-order valence-electron chi connectivity index (χ0n) is 48.8. The minimum atomic E-state index is -0.481. The van der Waals surface area contributed by atoms with Crippen molar-refractivity contribution in [1.82, 2.24) is 0 Å². The molecular weight excluding hydrogens is 985 g/mol. The Morgan fingerprint density at radius 1 is 0.218 bits per heavy atom. The Morgan fingerprint density at radius 3 is 0.474 bits per heavy atom. The number of rotatable bonds is 42. The Kier molecular flexibility index (Phi) is 31.8. The first-order chi connectivity index (χ1) is 38.0. The van der Waals surface area contributed by atoms with E-state index in [0.717, 1.165) is 154 Å². The van der Waals surface area contributed by atoms with Crippen LogP contribution in [0, 0.1) is 0 Å². The number of ether oxygens (including phenoxy) is 6. The van der Waals surface area contributed by atoms with E-state index in [1.165, 1.54) is 0 Å². The van der Waals surface area contributed by atoms with Crippen molar-refractivity contribution in [3.05, 3.63) is 36.4 Å². The molecule has 4 rings (SSSR count). The second-order valence-corrected chi connectivity index (χ2v) is 21.4. The van der Waals surface area contributed by atoms with Crippen molar-refractivity contribution in [3.8, 4) is 34.5 Å². The summed E-state index contributed by atoms with van der Waals surface area (Å²) in [6.07, 6.45) is 28.7. The summed E-state index contributed by atoms with van der Waals surface area (Å²) in [5.41, 5.74) is 0. The fourth-order valence-electron chi connectivity index (χ4n) is 9.77. The molecule has 4 aromatic rings. The summed E-state index contributed by atoms with van der Waals surface area (Å²) in [4.78, 5) is 82.3.